The van der Waals surface area contributed by atoms with E-state index in [9.17, 15) is 9.59 Å². The molecule has 0 bridgehead atoms. The average Bonchev–Trinajstić information content (AvgIpc) is 2.64. The minimum atomic E-state index is -0.690. The lowest BCUT2D eigenvalue weighted by Crippen LogP contribution is -2.25. The second-order valence-corrected chi connectivity index (χ2v) is 5.23. The van der Waals surface area contributed by atoms with E-state index in [0.29, 0.717) is 19.3 Å². The summed E-state index contributed by atoms with van der Waals surface area (Å²) in [5.74, 6) is 0.0738. The molecule has 184 valence electrons. The maximum absolute atomic E-state index is 10.0. The van der Waals surface area contributed by atoms with Gasteiger partial charge in [0.25, 0.3) is 0 Å². The number of carbonyl (C=O) groups is 2. The van der Waals surface area contributed by atoms with E-state index in [-0.39, 0.29) is 48.3 Å². The molecule has 0 saturated carbocycles. The number of aliphatic imine (C=N–C) groups is 1. The molecule has 0 aromatic heterocycles. The number of aldehydes is 2. The molecule has 0 fully saturated rings. The van der Waals surface area contributed by atoms with E-state index in [1.165, 1.54) is 25.7 Å². The van der Waals surface area contributed by atoms with Crippen molar-refractivity contribution in [3.05, 3.63) is 0 Å². The molecule has 0 radical (unpaired) electrons. The normalized spacial score (nSPS) is 9.48. The third-order valence-corrected chi connectivity index (χ3v) is 2.55. The fourth-order valence-electron chi connectivity index (χ4n) is 0.646. The van der Waals surface area contributed by atoms with E-state index in [0.717, 1.165) is 12.7 Å². The first-order valence-corrected chi connectivity index (χ1v) is 8.88. The van der Waals surface area contributed by atoms with Crippen LogP contribution in [0.4, 0.5) is 0 Å². The number of carbonyl (C=O) groups excluding carboxylic acids is 2. The summed E-state index contributed by atoms with van der Waals surface area (Å²) in [7, 11) is 0. The Balaban J connectivity index is -0.0000000355. The van der Waals surface area contributed by atoms with Crippen LogP contribution in [-0.4, -0.2) is 48.9 Å². The molecule has 0 spiro atoms. The molecule has 0 aliphatic rings. The molecular formula is C21H57N5O3. The Labute approximate surface area is 182 Å². The number of nitrogens with zero attached hydrogens (tertiary/aromatic N) is 1. The van der Waals surface area contributed by atoms with Gasteiger partial charge in [-0.15, -0.1) is 0 Å². The number of hydrogen-bond acceptors (Lipinski definition) is 6. The van der Waals surface area contributed by atoms with Gasteiger partial charge in [0.15, 0.2) is 5.96 Å². The second kappa shape index (κ2) is 50.3. The molecule has 0 amide bonds. The van der Waals surface area contributed by atoms with Crippen molar-refractivity contribution < 1.29 is 14.7 Å². The molecule has 29 heavy (non-hydrogen) atoms. The zero-order valence-corrected chi connectivity index (χ0v) is 16.5. The van der Waals surface area contributed by atoms with Crippen LogP contribution in [0.3, 0.4) is 0 Å². The Morgan fingerprint density at radius 2 is 1.17 bits per heavy atom. The standard InChI is InChI=1S/C6H14N4O.2C4H10.C3H7NO2.4CH4/c7-5(4-11)2-1-3-10-6(8)9;2*1-3-4-2;4-3(1-5)2-6;;;;/h4-5H,1-3,7H2,(H4,8,9,10);2*3-4H2,1-2H3;1,3,6H,2,4H2;4*1H4/t5-;;;3-;;;;/m1..0..../s1. The third-order valence-electron chi connectivity index (χ3n) is 2.55. The molecule has 0 aliphatic heterocycles. The Morgan fingerprint density at radius 3 is 1.34 bits per heavy atom. The van der Waals surface area contributed by atoms with Gasteiger partial charge in [0.1, 0.15) is 12.6 Å². The van der Waals surface area contributed by atoms with Gasteiger partial charge in [0, 0.05) is 6.54 Å². The number of aliphatic hydroxyl groups is 1. The summed E-state index contributed by atoms with van der Waals surface area (Å²) in [6, 6.07) is -1.07. The summed E-state index contributed by atoms with van der Waals surface area (Å²) < 4.78 is 0. The minimum absolute atomic E-state index is 0. The average molecular weight is 428 g/mol. The number of unbranched alkanes of at least 4 members (excludes halogenated alkanes) is 2. The van der Waals surface area contributed by atoms with E-state index in [1.807, 2.05) is 0 Å². The van der Waals surface area contributed by atoms with Crippen molar-refractivity contribution in [1.29, 1.82) is 0 Å². The van der Waals surface area contributed by atoms with Crippen molar-refractivity contribution in [2.24, 2.45) is 27.9 Å². The largest absolute Gasteiger partial charge is 0.394 e. The predicted molar refractivity (Wildman–Crippen MR) is 133 cm³/mol. The van der Waals surface area contributed by atoms with Crippen LogP contribution in [0.1, 0.15) is 95.9 Å². The van der Waals surface area contributed by atoms with Gasteiger partial charge in [0.2, 0.25) is 0 Å². The third kappa shape index (κ3) is 87.3. The second-order valence-electron chi connectivity index (χ2n) is 5.23. The molecule has 9 N–H and O–H groups in total. The fourth-order valence-corrected chi connectivity index (χ4v) is 0.646. The van der Waals surface area contributed by atoms with Crippen LogP contribution >= 0.6 is 0 Å². The molecule has 0 saturated heterocycles. The molecule has 0 aromatic rings. The van der Waals surface area contributed by atoms with Crippen molar-refractivity contribution in [2.75, 3.05) is 13.2 Å². The number of nitrogens with two attached hydrogens (primary N) is 4. The highest BCUT2D eigenvalue weighted by Crippen LogP contribution is 1.91. The van der Waals surface area contributed by atoms with Crippen molar-refractivity contribution in [3.63, 3.8) is 0 Å². The number of rotatable bonds is 9. The lowest BCUT2D eigenvalue weighted by Gasteiger charge is -2.00. The SMILES string of the molecule is C.C.C.C.CCCC.CCCC.NC(N)=NCCC[C@@H](N)C=O.N[C@@H](C=O)CO. The predicted octanol–water partition coefficient (Wildman–Crippen LogP) is 3.23. The van der Waals surface area contributed by atoms with Crippen molar-refractivity contribution in [2.45, 2.75) is 108 Å². The van der Waals surface area contributed by atoms with Crippen LogP contribution in [0.15, 0.2) is 4.99 Å². The molecular weight excluding hydrogens is 370 g/mol. The quantitative estimate of drug-likeness (QED) is 0.163. The molecule has 8 nitrogen and oxygen atoms in total. The monoisotopic (exact) mass is 427 g/mol. The number of guanidine groups is 1. The molecule has 8 heteroatoms. The van der Waals surface area contributed by atoms with Crippen molar-refractivity contribution >= 4 is 18.5 Å². The van der Waals surface area contributed by atoms with Crippen LogP contribution in [0, 0.1) is 0 Å². The summed E-state index contributed by atoms with van der Waals surface area (Å²) in [6.07, 6.45) is 7.85. The first-order chi connectivity index (χ1) is 11.8. The van der Waals surface area contributed by atoms with Crippen LogP contribution < -0.4 is 22.9 Å². The van der Waals surface area contributed by atoms with Gasteiger partial charge in [-0.3, -0.25) is 4.99 Å². The summed E-state index contributed by atoms with van der Waals surface area (Å²) in [5.41, 5.74) is 20.3. The van der Waals surface area contributed by atoms with Gasteiger partial charge in [0.05, 0.1) is 18.7 Å². The topological polar surface area (TPSA) is 171 Å². The zero-order valence-electron chi connectivity index (χ0n) is 16.5. The van der Waals surface area contributed by atoms with E-state index in [4.69, 9.17) is 28.0 Å². The van der Waals surface area contributed by atoms with Crippen molar-refractivity contribution in [1.82, 2.24) is 0 Å². The minimum Gasteiger partial charge on any atom is -0.394 e. The van der Waals surface area contributed by atoms with E-state index in [2.05, 4.69) is 32.7 Å². The molecule has 0 unspecified atom stereocenters. The zero-order chi connectivity index (χ0) is 20.5. The summed E-state index contributed by atoms with van der Waals surface area (Å²) in [5, 5.41) is 7.98. The fraction of sp³-hybridized carbons (Fsp3) is 0.857. The van der Waals surface area contributed by atoms with Gasteiger partial charge >= 0.3 is 0 Å². The van der Waals surface area contributed by atoms with Gasteiger partial charge in [-0.1, -0.05) is 83.1 Å². The van der Waals surface area contributed by atoms with E-state index >= 15 is 0 Å². The number of hydrogen-bond donors (Lipinski definition) is 5. The molecule has 2 atom stereocenters. The highest BCUT2D eigenvalue weighted by atomic mass is 16.3. The summed E-state index contributed by atoms with van der Waals surface area (Å²) in [6.45, 7) is 8.99. The number of aliphatic hydroxyl groups excluding tert-OH is 1. The van der Waals surface area contributed by atoms with Gasteiger partial charge in [-0.25, -0.2) is 0 Å². The Morgan fingerprint density at radius 1 is 0.828 bits per heavy atom. The Kier molecular flexibility index (Phi) is 88.2. The van der Waals surface area contributed by atoms with E-state index in [1.54, 1.807) is 0 Å². The van der Waals surface area contributed by atoms with Gasteiger partial charge < -0.3 is 37.6 Å². The first-order valence-electron chi connectivity index (χ1n) is 8.88. The summed E-state index contributed by atoms with van der Waals surface area (Å²) >= 11 is 0. The highest BCUT2D eigenvalue weighted by molar-refractivity contribution is 5.75. The van der Waals surface area contributed by atoms with Crippen molar-refractivity contribution in [3.8, 4) is 0 Å². The highest BCUT2D eigenvalue weighted by Gasteiger charge is 1.97. The van der Waals surface area contributed by atoms with Crippen LogP contribution in [0.2, 0.25) is 0 Å². The lowest BCUT2D eigenvalue weighted by atomic mass is 10.2. The van der Waals surface area contributed by atoms with Crippen LogP contribution in [0.25, 0.3) is 0 Å². The first kappa shape index (κ1) is 50.8. The Bertz CT molecular complexity index is 279. The van der Waals surface area contributed by atoms with Gasteiger partial charge in [-0.2, -0.15) is 0 Å². The molecule has 0 aliphatic carbocycles. The molecule has 0 rings (SSSR count). The molecule has 0 heterocycles. The molecule has 0 aromatic carbocycles. The van der Waals surface area contributed by atoms with E-state index < -0.39 is 6.04 Å². The van der Waals surface area contributed by atoms with Crippen LogP contribution in [0.5, 0.6) is 0 Å². The lowest BCUT2D eigenvalue weighted by molar-refractivity contribution is -0.110. The maximum Gasteiger partial charge on any atom is 0.185 e. The Hall–Kier alpha value is -1.51. The van der Waals surface area contributed by atoms with Crippen LogP contribution in [-0.2, 0) is 9.59 Å². The van der Waals surface area contributed by atoms with Gasteiger partial charge in [-0.05, 0) is 12.8 Å². The maximum atomic E-state index is 10.0. The smallest absolute Gasteiger partial charge is 0.185 e. The summed E-state index contributed by atoms with van der Waals surface area (Å²) in [4.78, 5) is 23.2.